The summed E-state index contributed by atoms with van der Waals surface area (Å²) in [5.74, 6) is -0.837. The summed E-state index contributed by atoms with van der Waals surface area (Å²) in [6.07, 6.45) is 1.65. The maximum absolute atomic E-state index is 13.7. The monoisotopic (exact) mass is 361 g/mol. The highest BCUT2D eigenvalue weighted by Gasteiger charge is 2.52. The van der Waals surface area contributed by atoms with Crippen molar-refractivity contribution in [2.75, 3.05) is 6.54 Å². The first-order chi connectivity index (χ1) is 11.9. The van der Waals surface area contributed by atoms with Crippen LogP contribution in [0.5, 0.6) is 0 Å². The first kappa shape index (κ1) is 20.3. The van der Waals surface area contributed by atoms with E-state index in [1.165, 1.54) is 32.0 Å². The Balaban J connectivity index is 2.46. The van der Waals surface area contributed by atoms with Crippen LogP contribution < -0.4 is 5.32 Å². The Morgan fingerprint density at radius 3 is 2.23 bits per heavy atom. The summed E-state index contributed by atoms with van der Waals surface area (Å²) < 4.78 is 25.8. The van der Waals surface area contributed by atoms with Crippen molar-refractivity contribution >= 4 is 24.9 Å². The van der Waals surface area contributed by atoms with Crippen LogP contribution >= 0.6 is 0 Å². The number of benzene rings is 1. The lowest BCUT2D eigenvalue weighted by Gasteiger charge is -2.32. The molecular formula is C19H25BFNO4. The van der Waals surface area contributed by atoms with Gasteiger partial charge < -0.3 is 14.6 Å². The minimum Gasteiger partial charge on any atom is -0.400 e. The van der Waals surface area contributed by atoms with Crippen LogP contribution in [0.3, 0.4) is 0 Å². The molecule has 1 saturated heterocycles. The van der Waals surface area contributed by atoms with Gasteiger partial charge in [0.2, 0.25) is 5.91 Å². The fourth-order valence-electron chi connectivity index (χ4n) is 2.60. The van der Waals surface area contributed by atoms with Gasteiger partial charge in [-0.15, -0.1) is 0 Å². The second kappa shape index (κ2) is 7.33. The average Bonchev–Trinajstić information content (AvgIpc) is 2.71. The zero-order chi connectivity index (χ0) is 19.7. The lowest BCUT2D eigenvalue weighted by Crippen LogP contribution is -2.41. The van der Waals surface area contributed by atoms with Crippen molar-refractivity contribution in [2.45, 2.75) is 52.7 Å². The van der Waals surface area contributed by atoms with Crippen LogP contribution in [-0.4, -0.2) is 36.6 Å². The highest BCUT2D eigenvalue weighted by Crippen LogP contribution is 2.38. The molecule has 0 unspecified atom stereocenters. The van der Waals surface area contributed by atoms with Crippen LogP contribution in [0.4, 0.5) is 4.39 Å². The minimum absolute atomic E-state index is 0.167. The van der Waals surface area contributed by atoms with Gasteiger partial charge in [-0.3, -0.25) is 9.59 Å². The maximum atomic E-state index is 13.7. The van der Waals surface area contributed by atoms with Crippen molar-refractivity contribution < 1.29 is 23.3 Å². The minimum atomic E-state index is -0.713. The van der Waals surface area contributed by atoms with E-state index in [0.29, 0.717) is 16.6 Å². The van der Waals surface area contributed by atoms with Crippen LogP contribution in [-0.2, 0) is 14.1 Å². The van der Waals surface area contributed by atoms with Crippen molar-refractivity contribution in [3.8, 4) is 0 Å². The molecule has 0 atom stereocenters. The van der Waals surface area contributed by atoms with E-state index >= 15 is 0 Å². The molecule has 0 aliphatic carbocycles. The van der Waals surface area contributed by atoms with Gasteiger partial charge in [-0.25, -0.2) is 4.39 Å². The fourth-order valence-corrected chi connectivity index (χ4v) is 2.60. The van der Waals surface area contributed by atoms with Gasteiger partial charge in [-0.1, -0.05) is 6.08 Å². The Bertz CT molecular complexity index is 742. The van der Waals surface area contributed by atoms with Crippen LogP contribution in [0.2, 0.25) is 0 Å². The van der Waals surface area contributed by atoms with E-state index in [1.807, 2.05) is 27.7 Å². The van der Waals surface area contributed by atoms with Crippen LogP contribution in [0.15, 0.2) is 23.7 Å². The maximum Gasteiger partial charge on any atom is 0.492 e. The Kier molecular flexibility index (Phi) is 5.73. The van der Waals surface area contributed by atoms with Gasteiger partial charge in [0.1, 0.15) is 5.82 Å². The van der Waals surface area contributed by atoms with E-state index in [0.717, 1.165) is 0 Å². The molecule has 1 fully saturated rings. The molecule has 7 heteroatoms. The zero-order valence-corrected chi connectivity index (χ0v) is 16.1. The number of carbonyl (C=O) groups excluding carboxylic acids is 2. The summed E-state index contributed by atoms with van der Waals surface area (Å²) in [5.41, 5.74) is 0.305. The number of nitrogens with one attached hydrogen (secondary N) is 1. The molecule has 1 aromatic carbocycles. The Morgan fingerprint density at radius 2 is 1.73 bits per heavy atom. The fraction of sp³-hybridized carbons (Fsp3) is 0.474. The van der Waals surface area contributed by atoms with E-state index in [1.54, 1.807) is 6.08 Å². The van der Waals surface area contributed by atoms with Crippen molar-refractivity contribution in [3.05, 3.63) is 40.6 Å². The molecule has 1 aliphatic heterocycles. The Labute approximate surface area is 154 Å². The summed E-state index contributed by atoms with van der Waals surface area (Å²) in [5, 5.41) is 2.71. The second-order valence-corrected chi connectivity index (χ2v) is 7.51. The first-order valence-electron chi connectivity index (χ1n) is 8.54. The highest BCUT2D eigenvalue weighted by molar-refractivity contribution is 6.56. The van der Waals surface area contributed by atoms with E-state index in [9.17, 15) is 14.0 Å². The Hall–Kier alpha value is -1.99. The molecule has 1 N–H and O–H groups in total. The van der Waals surface area contributed by atoms with Gasteiger partial charge in [0.05, 0.1) is 11.2 Å². The van der Waals surface area contributed by atoms with Crippen LogP contribution in [0.1, 0.15) is 57.5 Å². The number of rotatable bonds is 5. The molecule has 140 valence electrons. The van der Waals surface area contributed by atoms with Gasteiger partial charge in [0.15, 0.2) is 5.78 Å². The van der Waals surface area contributed by atoms with Crippen molar-refractivity contribution in [3.63, 3.8) is 0 Å². The smallest absolute Gasteiger partial charge is 0.400 e. The molecule has 2 rings (SSSR count). The van der Waals surface area contributed by atoms with Crippen molar-refractivity contribution in [1.29, 1.82) is 0 Å². The molecule has 5 nitrogen and oxygen atoms in total. The normalized spacial score (nSPS) is 18.7. The van der Waals surface area contributed by atoms with Crippen molar-refractivity contribution in [2.24, 2.45) is 0 Å². The first-order valence-corrected chi connectivity index (χ1v) is 8.54. The molecule has 1 heterocycles. The third-order valence-corrected chi connectivity index (χ3v) is 4.83. The molecule has 0 saturated carbocycles. The van der Waals surface area contributed by atoms with Gasteiger partial charge in [0, 0.05) is 19.0 Å². The average molecular weight is 361 g/mol. The number of amides is 1. The lowest BCUT2D eigenvalue weighted by molar-refractivity contribution is -0.118. The topological polar surface area (TPSA) is 64.6 Å². The highest BCUT2D eigenvalue weighted by atomic mass is 19.1. The third-order valence-electron chi connectivity index (χ3n) is 4.83. The van der Waals surface area contributed by atoms with Gasteiger partial charge in [0.25, 0.3) is 0 Å². The number of hydrogen-bond acceptors (Lipinski definition) is 4. The molecule has 0 bridgehead atoms. The van der Waals surface area contributed by atoms with Crippen LogP contribution in [0, 0.1) is 5.82 Å². The number of halogens is 1. The molecule has 0 spiro atoms. The van der Waals surface area contributed by atoms with E-state index in [2.05, 4.69) is 5.32 Å². The van der Waals surface area contributed by atoms with E-state index in [4.69, 9.17) is 9.31 Å². The van der Waals surface area contributed by atoms with Crippen LogP contribution in [0.25, 0.3) is 6.08 Å². The molecule has 26 heavy (non-hydrogen) atoms. The predicted molar refractivity (Wildman–Crippen MR) is 99.1 cm³/mol. The van der Waals surface area contributed by atoms with Gasteiger partial charge >= 0.3 is 7.12 Å². The molecule has 1 amide bonds. The number of carbonyl (C=O) groups is 2. The largest absolute Gasteiger partial charge is 0.492 e. The zero-order valence-electron chi connectivity index (χ0n) is 16.1. The molecule has 1 aliphatic rings. The molecule has 1 aromatic rings. The summed E-state index contributed by atoms with van der Waals surface area (Å²) in [6.45, 7) is 10.7. The quantitative estimate of drug-likeness (QED) is 0.646. The molecular weight excluding hydrogens is 336 g/mol. The summed E-state index contributed by atoms with van der Waals surface area (Å²) >= 11 is 0. The third kappa shape index (κ3) is 4.40. The number of Topliss-reactive ketones (excluding diaryl/α,β-unsaturated/α-hetero) is 1. The number of ketones is 1. The van der Waals surface area contributed by atoms with E-state index in [-0.39, 0.29) is 18.2 Å². The molecule has 0 aromatic heterocycles. The SMILES string of the molecule is CC(=O)NCC(=Cc1cc(F)ccc1C(C)=O)B1OC(C)(C)C(C)(C)O1. The predicted octanol–water partition coefficient (Wildman–Crippen LogP) is 3.18. The lowest BCUT2D eigenvalue weighted by atomic mass is 9.76. The van der Waals surface area contributed by atoms with Gasteiger partial charge in [-0.2, -0.15) is 0 Å². The summed E-state index contributed by atoms with van der Waals surface area (Å²) in [4.78, 5) is 23.2. The Morgan fingerprint density at radius 1 is 1.15 bits per heavy atom. The standard InChI is InChI=1S/C19H25BFNO4/c1-12(23)17-8-7-16(21)10-14(17)9-15(11-22-13(2)24)20-25-18(3,4)19(5,6)26-20/h7-10H,11H2,1-6H3,(H,22,24). The van der Waals surface area contributed by atoms with E-state index < -0.39 is 24.1 Å². The molecule has 0 radical (unpaired) electrons. The van der Waals surface area contributed by atoms with Crippen molar-refractivity contribution in [1.82, 2.24) is 5.32 Å². The van der Waals surface area contributed by atoms with Gasteiger partial charge in [-0.05, 0) is 63.9 Å². The summed E-state index contributed by atoms with van der Waals surface area (Å²) in [6, 6.07) is 3.98. The summed E-state index contributed by atoms with van der Waals surface area (Å²) in [7, 11) is -0.713. The number of hydrogen-bond donors (Lipinski definition) is 1. The second-order valence-electron chi connectivity index (χ2n) is 7.51.